The van der Waals surface area contributed by atoms with E-state index in [1.165, 1.54) is 4.90 Å². The first-order chi connectivity index (χ1) is 7.76. The fourth-order valence-corrected chi connectivity index (χ4v) is 1.57. The SMILES string of the molecule is CCN(CCO)C(=O)c1n[nH]c(C2CC2)n1. The molecular weight excluding hydrogens is 208 g/mol. The summed E-state index contributed by atoms with van der Waals surface area (Å²) in [6.45, 7) is 2.69. The van der Waals surface area contributed by atoms with Crippen LogP contribution < -0.4 is 0 Å². The zero-order chi connectivity index (χ0) is 11.5. The van der Waals surface area contributed by atoms with Gasteiger partial charge in [0.15, 0.2) is 0 Å². The lowest BCUT2D eigenvalue weighted by Crippen LogP contribution is -2.34. The molecule has 0 bridgehead atoms. The van der Waals surface area contributed by atoms with Crippen molar-refractivity contribution in [2.45, 2.75) is 25.7 Å². The van der Waals surface area contributed by atoms with Gasteiger partial charge in [0, 0.05) is 19.0 Å². The van der Waals surface area contributed by atoms with Crippen molar-refractivity contribution in [1.82, 2.24) is 20.1 Å². The van der Waals surface area contributed by atoms with Crippen LogP contribution in [0, 0.1) is 0 Å². The lowest BCUT2D eigenvalue weighted by molar-refractivity contribution is 0.0720. The third-order valence-corrected chi connectivity index (χ3v) is 2.70. The predicted octanol–water partition coefficient (Wildman–Crippen LogP) is 0.136. The maximum atomic E-state index is 11.9. The molecule has 1 fully saturated rings. The standard InChI is InChI=1S/C10H16N4O2/c1-2-14(5-6-15)10(16)9-11-8(12-13-9)7-3-4-7/h7,15H,2-6H2,1H3,(H,11,12,13). The van der Waals surface area contributed by atoms with Crippen LogP contribution in [0.3, 0.4) is 0 Å². The van der Waals surface area contributed by atoms with Crippen LogP contribution in [-0.2, 0) is 0 Å². The maximum absolute atomic E-state index is 11.9. The lowest BCUT2D eigenvalue weighted by atomic mass is 10.4. The van der Waals surface area contributed by atoms with Gasteiger partial charge in [-0.1, -0.05) is 0 Å². The summed E-state index contributed by atoms with van der Waals surface area (Å²) in [5, 5.41) is 15.5. The van der Waals surface area contributed by atoms with Crippen LogP contribution in [0.2, 0.25) is 0 Å². The summed E-state index contributed by atoms with van der Waals surface area (Å²) in [5.74, 6) is 1.25. The second-order valence-electron chi connectivity index (χ2n) is 3.93. The molecule has 1 saturated carbocycles. The second-order valence-corrected chi connectivity index (χ2v) is 3.93. The van der Waals surface area contributed by atoms with Gasteiger partial charge in [-0.25, -0.2) is 4.98 Å². The Hall–Kier alpha value is -1.43. The summed E-state index contributed by atoms with van der Waals surface area (Å²) >= 11 is 0. The van der Waals surface area contributed by atoms with E-state index >= 15 is 0 Å². The number of aromatic amines is 1. The average Bonchev–Trinajstić information content (AvgIpc) is 3.03. The van der Waals surface area contributed by atoms with E-state index in [0.29, 0.717) is 19.0 Å². The summed E-state index contributed by atoms with van der Waals surface area (Å²) in [4.78, 5) is 17.6. The average molecular weight is 224 g/mol. The van der Waals surface area contributed by atoms with E-state index < -0.39 is 0 Å². The fourth-order valence-electron chi connectivity index (χ4n) is 1.57. The first-order valence-electron chi connectivity index (χ1n) is 5.58. The monoisotopic (exact) mass is 224 g/mol. The van der Waals surface area contributed by atoms with E-state index in [2.05, 4.69) is 15.2 Å². The number of nitrogens with one attached hydrogen (secondary N) is 1. The summed E-state index contributed by atoms with van der Waals surface area (Å²) in [6.07, 6.45) is 2.24. The topological polar surface area (TPSA) is 82.1 Å². The zero-order valence-electron chi connectivity index (χ0n) is 9.31. The van der Waals surface area contributed by atoms with Crippen LogP contribution in [0.5, 0.6) is 0 Å². The molecule has 6 heteroatoms. The van der Waals surface area contributed by atoms with Gasteiger partial charge in [-0.15, -0.1) is 5.10 Å². The van der Waals surface area contributed by atoms with Crippen molar-refractivity contribution in [3.63, 3.8) is 0 Å². The molecule has 0 radical (unpaired) electrons. The van der Waals surface area contributed by atoms with E-state index in [1.807, 2.05) is 6.92 Å². The minimum absolute atomic E-state index is 0.0422. The quantitative estimate of drug-likeness (QED) is 0.745. The van der Waals surface area contributed by atoms with Crippen molar-refractivity contribution in [3.8, 4) is 0 Å². The molecule has 0 atom stereocenters. The van der Waals surface area contributed by atoms with Crippen molar-refractivity contribution in [2.24, 2.45) is 0 Å². The van der Waals surface area contributed by atoms with Crippen molar-refractivity contribution >= 4 is 5.91 Å². The molecule has 1 heterocycles. The predicted molar refractivity (Wildman–Crippen MR) is 57.0 cm³/mol. The van der Waals surface area contributed by atoms with Gasteiger partial charge in [-0.3, -0.25) is 9.89 Å². The summed E-state index contributed by atoms with van der Waals surface area (Å²) in [7, 11) is 0. The minimum atomic E-state index is -0.222. The maximum Gasteiger partial charge on any atom is 0.293 e. The minimum Gasteiger partial charge on any atom is -0.395 e. The summed E-state index contributed by atoms with van der Waals surface area (Å²) in [5.41, 5.74) is 0. The molecule has 2 rings (SSSR count). The Balaban J connectivity index is 2.06. The van der Waals surface area contributed by atoms with Gasteiger partial charge in [0.1, 0.15) is 5.82 Å². The fraction of sp³-hybridized carbons (Fsp3) is 0.700. The van der Waals surface area contributed by atoms with Crippen molar-refractivity contribution in [2.75, 3.05) is 19.7 Å². The van der Waals surface area contributed by atoms with Crippen molar-refractivity contribution in [3.05, 3.63) is 11.6 Å². The van der Waals surface area contributed by atoms with Crippen LogP contribution in [0.15, 0.2) is 0 Å². The van der Waals surface area contributed by atoms with Gasteiger partial charge >= 0.3 is 0 Å². The Kier molecular flexibility index (Phi) is 3.19. The molecule has 0 unspecified atom stereocenters. The molecule has 2 N–H and O–H groups in total. The van der Waals surface area contributed by atoms with Gasteiger partial charge in [0.25, 0.3) is 5.91 Å². The third-order valence-electron chi connectivity index (χ3n) is 2.70. The van der Waals surface area contributed by atoms with Gasteiger partial charge in [-0.2, -0.15) is 0 Å². The first-order valence-corrected chi connectivity index (χ1v) is 5.58. The van der Waals surface area contributed by atoms with Crippen LogP contribution in [-0.4, -0.2) is 50.8 Å². The number of carbonyl (C=O) groups excluding carboxylic acids is 1. The van der Waals surface area contributed by atoms with Gasteiger partial charge in [0.05, 0.1) is 6.61 Å². The van der Waals surface area contributed by atoms with Crippen LogP contribution >= 0.6 is 0 Å². The molecule has 6 nitrogen and oxygen atoms in total. The normalized spacial score (nSPS) is 15.1. The molecule has 0 spiro atoms. The zero-order valence-corrected chi connectivity index (χ0v) is 9.31. The number of aliphatic hydroxyl groups is 1. The van der Waals surface area contributed by atoms with Crippen LogP contribution in [0.4, 0.5) is 0 Å². The molecule has 1 amide bonds. The highest BCUT2D eigenvalue weighted by Crippen LogP contribution is 2.37. The van der Waals surface area contributed by atoms with E-state index in [1.54, 1.807) is 0 Å². The van der Waals surface area contributed by atoms with Crippen molar-refractivity contribution in [1.29, 1.82) is 0 Å². The highest BCUT2D eigenvalue weighted by atomic mass is 16.3. The molecule has 0 aromatic carbocycles. The Bertz CT molecular complexity index is 373. The number of nitrogens with zero attached hydrogens (tertiary/aromatic N) is 3. The lowest BCUT2D eigenvalue weighted by Gasteiger charge is -2.17. The molecule has 1 aromatic rings. The molecule has 0 aliphatic heterocycles. The number of carbonyl (C=O) groups is 1. The second kappa shape index (κ2) is 4.61. The Morgan fingerprint density at radius 2 is 2.38 bits per heavy atom. The molecule has 88 valence electrons. The molecule has 1 aliphatic carbocycles. The van der Waals surface area contributed by atoms with E-state index in [-0.39, 0.29) is 18.3 Å². The number of hydrogen-bond donors (Lipinski definition) is 2. The Morgan fingerprint density at radius 3 is 2.94 bits per heavy atom. The smallest absolute Gasteiger partial charge is 0.293 e. The number of aliphatic hydroxyl groups excluding tert-OH is 1. The first kappa shape index (κ1) is 11.1. The van der Waals surface area contributed by atoms with E-state index in [9.17, 15) is 4.79 Å². The number of H-pyrrole nitrogens is 1. The summed E-state index contributed by atoms with van der Waals surface area (Å²) < 4.78 is 0. The highest BCUT2D eigenvalue weighted by Gasteiger charge is 2.28. The number of hydrogen-bond acceptors (Lipinski definition) is 4. The molecule has 1 aliphatic rings. The van der Waals surface area contributed by atoms with E-state index in [4.69, 9.17) is 5.11 Å². The van der Waals surface area contributed by atoms with E-state index in [0.717, 1.165) is 18.7 Å². The Labute approximate surface area is 93.7 Å². The molecule has 1 aromatic heterocycles. The van der Waals surface area contributed by atoms with Gasteiger partial charge < -0.3 is 10.0 Å². The largest absolute Gasteiger partial charge is 0.395 e. The van der Waals surface area contributed by atoms with Gasteiger partial charge in [-0.05, 0) is 19.8 Å². The third kappa shape index (κ3) is 2.21. The van der Waals surface area contributed by atoms with Crippen LogP contribution in [0.1, 0.15) is 42.1 Å². The number of likely N-dealkylation sites (N-methyl/N-ethyl adjacent to an activating group) is 1. The highest BCUT2D eigenvalue weighted by molar-refractivity contribution is 5.90. The van der Waals surface area contributed by atoms with Crippen molar-refractivity contribution < 1.29 is 9.90 Å². The molecular formula is C10H16N4O2. The summed E-state index contributed by atoms with van der Waals surface area (Å²) in [6, 6.07) is 0. The number of amides is 1. The molecule has 0 saturated heterocycles. The Morgan fingerprint density at radius 1 is 1.62 bits per heavy atom. The molecule has 16 heavy (non-hydrogen) atoms. The van der Waals surface area contributed by atoms with Crippen LogP contribution in [0.25, 0.3) is 0 Å². The number of aromatic nitrogens is 3. The number of rotatable bonds is 5. The van der Waals surface area contributed by atoms with Gasteiger partial charge in [0.2, 0.25) is 5.82 Å².